The summed E-state index contributed by atoms with van der Waals surface area (Å²) in [6.45, 7) is 0.774. The molecule has 2 N–H and O–H groups in total. The number of hydrogen-bond donors (Lipinski definition) is 1. The first-order valence-electron chi connectivity index (χ1n) is 16.5. The van der Waals surface area contributed by atoms with Crippen molar-refractivity contribution < 1.29 is 0 Å². The highest BCUT2D eigenvalue weighted by Crippen LogP contribution is 2.41. The number of nitrogens with two attached hydrogens (primary N) is 1. The summed E-state index contributed by atoms with van der Waals surface area (Å²) in [5.74, 6) is 0.742. The van der Waals surface area contributed by atoms with Crippen molar-refractivity contribution in [3.63, 3.8) is 0 Å². The van der Waals surface area contributed by atoms with Crippen LogP contribution < -0.4 is 5.73 Å². The SMILES string of the molecule is N/C(=C\C=C/Cn1c2ccccc2c2ccccc21)n1c2c(c3c1C=Cc1c4c(n(-c5ccccc5)c1C3)CCC=C4)CCC=C2. The average molecular weight is 597 g/mol. The van der Waals surface area contributed by atoms with Crippen LogP contribution in [0.3, 0.4) is 0 Å². The predicted octanol–water partition coefficient (Wildman–Crippen LogP) is 9.39. The summed E-state index contributed by atoms with van der Waals surface area (Å²) in [5, 5.41) is 2.58. The molecule has 4 heteroatoms. The quantitative estimate of drug-likeness (QED) is 0.198. The molecule has 6 aromatic rings. The first kappa shape index (κ1) is 26.9. The molecule has 0 amide bonds. The van der Waals surface area contributed by atoms with Crippen LogP contribution in [-0.2, 0) is 25.8 Å². The second kappa shape index (κ2) is 10.8. The molecular weight excluding hydrogens is 560 g/mol. The van der Waals surface area contributed by atoms with Gasteiger partial charge in [-0.3, -0.25) is 4.57 Å². The third kappa shape index (κ3) is 4.13. The first-order valence-corrected chi connectivity index (χ1v) is 16.5. The largest absolute Gasteiger partial charge is 0.385 e. The van der Waals surface area contributed by atoms with Crippen LogP contribution in [0.1, 0.15) is 57.9 Å². The summed E-state index contributed by atoms with van der Waals surface area (Å²) in [5.41, 5.74) is 21.5. The van der Waals surface area contributed by atoms with E-state index in [2.05, 4.69) is 147 Å². The van der Waals surface area contributed by atoms with Crippen molar-refractivity contribution in [1.29, 1.82) is 0 Å². The van der Waals surface area contributed by atoms with Crippen LogP contribution >= 0.6 is 0 Å². The molecule has 0 spiro atoms. The molecule has 0 radical (unpaired) electrons. The van der Waals surface area contributed by atoms with Crippen LogP contribution in [0.25, 0.3) is 57.6 Å². The van der Waals surface area contributed by atoms with Crippen molar-refractivity contribution in [2.24, 2.45) is 5.73 Å². The molecule has 3 aromatic carbocycles. The molecule has 0 aliphatic heterocycles. The van der Waals surface area contributed by atoms with E-state index in [9.17, 15) is 0 Å². The summed E-state index contributed by atoms with van der Waals surface area (Å²) in [7, 11) is 0. The van der Waals surface area contributed by atoms with Gasteiger partial charge in [0.1, 0.15) is 5.82 Å². The molecule has 0 bridgehead atoms. The molecular formula is C42H36N4. The fourth-order valence-corrected chi connectivity index (χ4v) is 7.99. The number of hydrogen-bond acceptors (Lipinski definition) is 1. The van der Waals surface area contributed by atoms with E-state index in [0.29, 0.717) is 0 Å². The number of benzene rings is 3. The average Bonchev–Trinajstić information content (AvgIpc) is 3.66. The molecule has 3 aliphatic rings. The molecule has 46 heavy (non-hydrogen) atoms. The van der Waals surface area contributed by atoms with Gasteiger partial charge >= 0.3 is 0 Å². The smallest absolute Gasteiger partial charge is 0.108 e. The Kier molecular flexibility index (Phi) is 6.34. The highest BCUT2D eigenvalue weighted by atomic mass is 15.1. The maximum absolute atomic E-state index is 6.97. The molecule has 3 aliphatic carbocycles. The minimum Gasteiger partial charge on any atom is -0.385 e. The zero-order chi connectivity index (χ0) is 30.6. The molecule has 3 aromatic heterocycles. The maximum Gasteiger partial charge on any atom is 0.108 e. The minimum absolute atomic E-state index is 0.742. The highest BCUT2D eigenvalue weighted by Gasteiger charge is 2.29. The summed E-state index contributed by atoms with van der Waals surface area (Å²) >= 11 is 0. The van der Waals surface area contributed by atoms with Crippen molar-refractivity contribution in [3.05, 3.63) is 154 Å². The van der Waals surface area contributed by atoms with Gasteiger partial charge in [0.25, 0.3) is 0 Å². The Bertz CT molecular complexity index is 2260. The lowest BCUT2D eigenvalue weighted by atomic mass is 9.96. The van der Waals surface area contributed by atoms with E-state index in [1.807, 2.05) is 0 Å². The minimum atomic E-state index is 0.742. The molecule has 9 rings (SSSR count). The Hall–Kier alpha value is -5.48. The van der Waals surface area contributed by atoms with Crippen LogP contribution in [-0.4, -0.2) is 13.7 Å². The summed E-state index contributed by atoms with van der Waals surface area (Å²) in [4.78, 5) is 0. The van der Waals surface area contributed by atoms with E-state index in [4.69, 9.17) is 5.73 Å². The van der Waals surface area contributed by atoms with Crippen molar-refractivity contribution in [2.45, 2.75) is 38.6 Å². The van der Waals surface area contributed by atoms with Gasteiger partial charge in [-0.25, -0.2) is 0 Å². The summed E-state index contributed by atoms with van der Waals surface area (Å²) in [6, 6.07) is 28.2. The van der Waals surface area contributed by atoms with E-state index in [1.165, 1.54) is 72.5 Å². The van der Waals surface area contributed by atoms with Gasteiger partial charge in [-0.1, -0.05) is 91.1 Å². The van der Waals surface area contributed by atoms with Gasteiger partial charge in [-0.15, -0.1) is 0 Å². The Morgan fingerprint density at radius 2 is 1.35 bits per heavy atom. The summed E-state index contributed by atoms with van der Waals surface area (Å²) < 4.78 is 7.20. The molecule has 0 fully saturated rings. The maximum atomic E-state index is 6.97. The van der Waals surface area contributed by atoms with Gasteiger partial charge in [0.2, 0.25) is 0 Å². The number of para-hydroxylation sites is 3. The van der Waals surface area contributed by atoms with Crippen LogP contribution in [0.5, 0.6) is 0 Å². The lowest BCUT2D eigenvalue weighted by molar-refractivity contribution is 0.838. The Labute approximate surface area is 269 Å². The van der Waals surface area contributed by atoms with Crippen molar-refractivity contribution in [3.8, 4) is 5.69 Å². The third-order valence-corrected chi connectivity index (χ3v) is 9.98. The van der Waals surface area contributed by atoms with E-state index < -0.39 is 0 Å². The normalized spacial score (nSPS) is 15.3. The topological polar surface area (TPSA) is 40.8 Å². The first-order chi connectivity index (χ1) is 22.8. The van der Waals surface area contributed by atoms with Crippen LogP contribution in [0, 0.1) is 0 Å². The highest BCUT2D eigenvalue weighted by molar-refractivity contribution is 6.08. The van der Waals surface area contributed by atoms with E-state index in [1.54, 1.807) is 0 Å². The molecule has 224 valence electrons. The summed E-state index contributed by atoms with van der Waals surface area (Å²) in [6.07, 6.45) is 25.4. The molecule has 4 nitrogen and oxygen atoms in total. The second-order valence-corrected chi connectivity index (χ2v) is 12.5. The monoisotopic (exact) mass is 596 g/mol. The predicted molar refractivity (Wildman–Crippen MR) is 194 cm³/mol. The lowest BCUT2D eigenvalue weighted by Crippen LogP contribution is -2.10. The lowest BCUT2D eigenvalue weighted by Gasteiger charge is -2.16. The second-order valence-electron chi connectivity index (χ2n) is 12.5. The zero-order valence-electron chi connectivity index (χ0n) is 25.9. The Balaban J connectivity index is 1.11. The van der Waals surface area contributed by atoms with Gasteiger partial charge in [-0.2, -0.15) is 0 Å². The van der Waals surface area contributed by atoms with Gasteiger partial charge in [-0.05, 0) is 79.3 Å². The zero-order valence-corrected chi connectivity index (χ0v) is 25.9. The third-order valence-electron chi connectivity index (χ3n) is 9.98. The van der Waals surface area contributed by atoms with Crippen molar-refractivity contribution in [1.82, 2.24) is 13.7 Å². The number of allylic oxidation sites excluding steroid dienone is 5. The number of nitrogens with zero attached hydrogens (tertiary/aromatic N) is 3. The van der Waals surface area contributed by atoms with E-state index in [0.717, 1.165) is 44.5 Å². The number of rotatable bonds is 5. The fraction of sp³-hybridized carbons (Fsp3) is 0.143. The van der Waals surface area contributed by atoms with Gasteiger partial charge in [0.05, 0.1) is 11.4 Å². The molecule has 0 saturated carbocycles. The van der Waals surface area contributed by atoms with Crippen molar-refractivity contribution in [2.75, 3.05) is 0 Å². The Morgan fingerprint density at radius 1 is 0.674 bits per heavy atom. The molecule has 0 atom stereocenters. The van der Waals surface area contributed by atoms with Gasteiger partial charge < -0.3 is 14.9 Å². The standard InChI is InChI=1S/C42H36N4/c43-42(24-12-13-27-44-36-20-8-4-16-30(36)31-17-5-9-21-37(31)44)46-39-23-11-7-19-33(39)35-28-41-34(25-26-40(35)46)32-18-6-10-22-38(32)45(41)29-14-2-1-3-15-29/h1-6,8-9,11-18,20-21,23-26H,7,10,19,22,27-28,43H2/b13-12-,42-24+. The van der Waals surface area contributed by atoms with E-state index in [-0.39, 0.29) is 0 Å². The van der Waals surface area contributed by atoms with Crippen LogP contribution in [0.2, 0.25) is 0 Å². The van der Waals surface area contributed by atoms with Gasteiger partial charge in [0, 0.05) is 63.0 Å². The van der Waals surface area contributed by atoms with Crippen LogP contribution in [0.4, 0.5) is 0 Å². The molecule has 0 saturated heterocycles. The fourth-order valence-electron chi connectivity index (χ4n) is 7.99. The number of aromatic nitrogens is 3. The Morgan fingerprint density at radius 3 is 2.15 bits per heavy atom. The van der Waals surface area contributed by atoms with Crippen LogP contribution in [0.15, 0.2) is 109 Å². The number of fused-ring (bicyclic) bond motifs is 9. The van der Waals surface area contributed by atoms with Gasteiger partial charge in [0.15, 0.2) is 0 Å². The van der Waals surface area contributed by atoms with E-state index >= 15 is 0 Å². The van der Waals surface area contributed by atoms with Crippen molar-refractivity contribution >= 4 is 51.9 Å². The molecule has 3 heterocycles. The molecule has 0 unspecified atom stereocenters.